The van der Waals surface area contributed by atoms with Gasteiger partial charge in [0.2, 0.25) is 0 Å². The molecule has 1 amide bonds. The first-order valence-electron chi connectivity index (χ1n) is 10.4. The minimum Gasteiger partial charge on any atom is -0.508 e. The van der Waals surface area contributed by atoms with Crippen LogP contribution >= 0.6 is 11.3 Å². The topological polar surface area (TPSA) is 97.8 Å². The number of esters is 1. The maximum atomic E-state index is 12.5. The van der Waals surface area contributed by atoms with E-state index in [-0.39, 0.29) is 11.7 Å². The first kappa shape index (κ1) is 23.0. The van der Waals surface area contributed by atoms with E-state index in [1.54, 1.807) is 35.7 Å². The molecule has 0 atom stereocenters. The Hall–Kier alpha value is -4.17. The van der Waals surface area contributed by atoms with Gasteiger partial charge in [0, 0.05) is 22.9 Å². The Morgan fingerprint density at radius 1 is 1.00 bits per heavy atom. The van der Waals surface area contributed by atoms with E-state index in [4.69, 9.17) is 4.74 Å². The molecular weight excluding hydrogens is 452 g/mol. The van der Waals surface area contributed by atoms with Gasteiger partial charge in [0.15, 0.2) is 0 Å². The molecule has 0 aliphatic carbocycles. The van der Waals surface area contributed by atoms with Gasteiger partial charge in [0.25, 0.3) is 5.91 Å². The summed E-state index contributed by atoms with van der Waals surface area (Å²) in [5.41, 5.74) is 2.60. The lowest BCUT2D eigenvalue weighted by Crippen LogP contribution is -2.12. The number of thiazole rings is 1. The summed E-state index contributed by atoms with van der Waals surface area (Å²) >= 11 is 1.40. The first-order valence-corrected chi connectivity index (χ1v) is 11.3. The molecule has 0 unspecified atom stereocenters. The van der Waals surface area contributed by atoms with Crippen LogP contribution in [0.4, 0.5) is 5.82 Å². The molecule has 0 fully saturated rings. The van der Waals surface area contributed by atoms with Crippen molar-refractivity contribution in [1.82, 2.24) is 4.98 Å². The van der Waals surface area contributed by atoms with Gasteiger partial charge < -0.3 is 19.9 Å². The number of ether oxygens (including phenoxy) is 2. The van der Waals surface area contributed by atoms with Crippen molar-refractivity contribution >= 4 is 29.0 Å². The van der Waals surface area contributed by atoms with Gasteiger partial charge in [0.05, 0.1) is 17.7 Å². The third-order valence-corrected chi connectivity index (χ3v) is 5.83. The number of phenolic OH excluding ortho intramolecular Hbond substituents is 1. The van der Waals surface area contributed by atoms with Crippen LogP contribution < -0.4 is 10.1 Å². The number of hydrogen-bond donors (Lipinski definition) is 2. The molecular formula is C26H22N2O5S. The number of aromatic hydroxyl groups is 1. The van der Waals surface area contributed by atoms with Crippen LogP contribution in [-0.4, -0.2) is 29.1 Å². The Morgan fingerprint density at radius 2 is 1.74 bits per heavy atom. The van der Waals surface area contributed by atoms with Gasteiger partial charge in [-0.05, 0) is 48.0 Å². The standard InChI is InChI=1S/C26H22N2O5S/c1-32-26(31)19-9-7-18(8-10-19)25(30)28-23-16-34-24(27-23)14-20-13-21(29)11-12-22(20)33-15-17-5-3-2-4-6-17/h2-13,16,29H,14-15H2,1H3,(H,28,30). The molecule has 1 aromatic heterocycles. The normalized spacial score (nSPS) is 10.5. The number of methoxy groups -OCH3 is 1. The number of rotatable bonds is 8. The summed E-state index contributed by atoms with van der Waals surface area (Å²) in [7, 11) is 1.30. The molecule has 4 aromatic rings. The monoisotopic (exact) mass is 474 g/mol. The quantitative estimate of drug-likeness (QED) is 0.347. The number of benzene rings is 3. The molecule has 2 N–H and O–H groups in total. The van der Waals surface area contributed by atoms with Gasteiger partial charge in [-0.25, -0.2) is 9.78 Å². The van der Waals surface area contributed by atoms with E-state index in [2.05, 4.69) is 15.0 Å². The number of nitrogens with one attached hydrogen (secondary N) is 1. The molecule has 0 aliphatic rings. The number of amides is 1. The van der Waals surface area contributed by atoms with Crippen LogP contribution in [0.1, 0.15) is 36.9 Å². The molecule has 0 radical (unpaired) electrons. The average molecular weight is 475 g/mol. The van der Waals surface area contributed by atoms with Crippen LogP contribution in [0.25, 0.3) is 0 Å². The van der Waals surface area contributed by atoms with Crippen LogP contribution in [-0.2, 0) is 17.8 Å². The number of carbonyl (C=O) groups is 2. The third kappa shape index (κ3) is 5.79. The molecule has 0 saturated heterocycles. The van der Waals surface area contributed by atoms with E-state index in [0.717, 1.165) is 16.1 Å². The highest BCUT2D eigenvalue weighted by Crippen LogP contribution is 2.28. The SMILES string of the molecule is COC(=O)c1ccc(C(=O)Nc2csc(Cc3cc(O)ccc3OCc3ccccc3)n2)cc1. The van der Waals surface area contributed by atoms with Crippen LogP contribution in [0.15, 0.2) is 78.2 Å². The van der Waals surface area contributed by atoms with Gasteiger partial charge in [0.1, 0.15) is 23.9 Å². The highest BCUT2D eigenvalue weighted by molar-refractivity contribution is 7.10. The predicted octanol–water partition coefficient (Wildman–Crippen LogP) is 5.06. The average Bonchev–Trinajstić information content (AvgIpc) is 3.30. The maximum absolute atomic E-state index is 12.5. The molecule has 1 heterocycles. The van der Waals surface area contributed by atoms with Crippen molar-refractivity contribution in [2.75, 3.05) is 12.4 Å². The van der Waals surface area contributed by atoms with Crippen molar-refractivity contribution in [2.24, 2.45) is 0 Å². The van der Waals surface area contributed by atoms with E-state index < -0.39 is 5.97 Å². The molecule has 0 spiro atoms. The van der Waals surface area contributed by atoms with Gasteiger partial charge in [-0.2, -0.15) is 0 Å². The zero-order chi connectivity index (χ0) is 23.9. The fraction of sp³-hybridized carbons (Fsp3) is 0.115. The zero-order valence-corrected chi connectivity index (χ0v) is 19.2. The van der Waals surface area contributed by atoms with E-state index >= 15 is 0 Å². The number of aromatic nitrogens is 1. The van der Waals surface area contributed by atoms with Crippen LogP contribution in [0.2, 0.25) is 0 Å². The Bertz CT molecular complexity index is 1290. The fourth-order valence-electron chi connectivity index (χ4n) is 3.26. The molecule has 7 nitrogen and oxygen atoms in total. The van der Waals surface area contributed by atoms with Crippen molar-refractivity contribution in [1.29, 1.82) is 0 Å². The number of phenols is 1. The fourth-order valence-corrected chi connectivity index (χ4v) is 4.01. The van der Waals surface area contributed by atoms with Crippen LogP contribution in [0.3, 0.4) is 0 Å². The molecule has 3 aromatic carbocycles. The summed E-state index contributed by atoms with van der Waals surface area (Å²) in [5.74, 6) is 0.428. The second-order valence-corrected chi connectivity index (χ2v) is 8.34. The summed E-state index contributed by atoms with van der Waals surface area (Å²) in [6.45, 7) is 0.409. The summed E-state index contributed by atoms with van der Waals surface area (Å²) in [5, 5.41) is 15.2. The van der Waals surface area contributed by atoms with Crippen molar-refractivity contribution in [3.63, 3.8) is 0 Å². The largest absolute Gasteiger partial charge is 0.508 e. The van der Waals surface area contributed by atoms with Gasteiger partial charge >= 0.3 is 5.97 Å². The number of anilines is 1. The molecule has 34 heavy (non-hydrogen) atoms. The van der Waals surface area contributed by atoms with Crippen molar-refractivity contribution in [2.45, 2.75) is 13.0 Å². The third-order valence-electron chi connectivity index (χ3n) is 4.98. The van der Waals surface area contributed by atoms with Crippen molar-refractivity contribution in [3.8, 4) is 11.5 Å². The minimum absolute atomic E-state index is 0.141. The number of hydrogen-bond acceptors (Lipinski definition) is 7. The molecule has 0 saturated carbocycles. The molecule has 172 valence electrons. The summed E-state index contributed by atoms with van der Waals surface area (Å²) in [4.78, 5) is 28.6. The summed E-state index contributed by atoms with van der Waals surface area (Å²) in [6, 6.07) is 21.0. The maximum Gasteiger partial charge on any atom is 0.337 e. The molecule has 8 heteroatoms. The second kappa shape index (κ2) is 10.6. The van der Waals surface area contributed by atoms with Crippen LogP contribution in [0, 0.1) is 0 Å². The first-order chi connectivity index (χ1) is 16.5. The van der Waals surface area contributed by atoms with E-state index in [0.29, 0.717) is 35.7 Å². The van der Waals surface area contributed by atoms with Crippen molar-refractivity contribution in [3.05, 3.63) is 105 Å². The Labute approximate surface area is 200 Å². The number of nitrogens with zero attached hydrogens (tertiary/aromatic N) is 1. The van der Waals surface area contributed by atoms with Gasteiger partial charge in [-0.15, -0.1) is 11.3 Å². The van der Waals surface area contributed by atoms with E-state index in [1.807, 2.05) is 30.3 Å². The smallest absolute Gasteiger partial charge is 0.337 e. The minimum atomic E-state index is -0.463. The lowest BCUT2D eigenvalue weighted by Gasteiger charge is -2.11. The molecule has 0 aliphatic heterocycles. The summed E-state index contributed by atoms with van der Waals surface area (Å²) in [6.07, 6.45) is 0.437. The molecule has 4 rings (SSSR count). The second-order valence-electron chi connectivity index (χ2n) is 7.39. The molecule has 0 bridgehead atoms. The highest BCUT2D eigenvalue weighted by Gasteiger charge is 2.13. The van der Waals surface area contributed by atoms with Crippen molar-refractivity contribution < 1.29 is 24.2 Å². The van der Waals surface area contributed by atoms with Gasteiger partial charge in [-0.1, -0.05) is 30.3 Å². The lowest BCUT2D eigenvalue weighted by molar-refractivity contribution is 0.0600. The number of carbonyl (C=O) groups excluding carboxylic acids is 2. The Kier molecular flexibility index (Phi) is 7.19. The van der Waals surface area contributed by atoms with Crippen LogP contribution in [0.5, 0.6) is 11.5 Å². The lowest BCUT2D eigenvalue weighted by atomic mass is 10.1. The predicted molar refractivity (Wildman–Crippen MR) is 130 cm³/mol. The van der Waals surface area contributed by atoms with Gasteiger partial charge in [-0.3, -0.25) is 4.79 Å². The highest BCUT2D eigenvalue weighted by atomic mass is 32.1. The van der Waals surface area contributed by atoms with E-state index in [1.165, 1.54) is 30.6 Å². The van der Waals surface area contributed by atoms with E-state index in [9.17, 15) is 14.7 Å². The Balaban J connectivity index is 1.42. The summed E-state index contributed by atoms with van der Waals surface area (Å²) < 4.78 is 10.6. The Morgan fingerprint density at radius 3 is 2.47 bits per heavy atom. The zero-order valence-electron chi connectivity index (χ0n) is 18.4.